The highest BCUT2D eigenvalue weighted by Gasteiger charge is 2.40. The first-order chi connectivity index (χ1) is 9.67. The molecule has 1 aromatic heterocycles. The van der Waals surface area contributed by atoms with Crippen LogP contribution in [0.1, 0.15) is 16.8 Å². The lowest BCUT2D eigenvalue weighted by molar-refractivity contribution is -0.145. The Morgan fingerprint density at radius 1 is 1.50 bits per heavy atom. The van der Waals surface area contributed by atoms with E-state index in [0.717, 1.165) is 0 Å². The Bertz CT molecular complexity index is 555. The molecule has 1 aliphatic rings. The fourth-order valence-electron chi connectivity index (χ4n) is 2.21. The number of methoxy groups -OCH3 is 1. The molecule has 1 aliphatic heterocycles. The van der Waals surface area contributed by atoms with Gasteiger partial charge in [-0.1, -0.05) is 5.11 Å². The minimum atomic E-state index is -0.726. The summed E-state index contributed by atoms with van der Waals surface area (Å²) >= 11 is 0. The third-order valence-electron chi connectivity index (χ3n) is 3.16. The average molecular weight is 275 g/mol. The highest BCUT2D eigenvalue weighted by molar-refractivity contribution is 5.97. The molecule has 0 aliphatic carbocycles. The standard InChI is InChI=1S/C12H13N5O3/c1-20-12(19)10-6-9(15-16-13)7-17(10)11(18)8-2-4-14-5-3-8/h2-5,9-10H,6-7H2,1H3/t9-,10-/m0/s1. The fourth-order valence-corrected chi connectivity index (χ4v) is 2.21. The van der Waals surface area contributed by atoms with Gasteiger partial charge < -0.3 is 9.64 Å². The Kier molecular flexibility index (Phi) is 4.17. The number of esters is 1. The van der Waals surface area contributed by atoms with Crippen LogP contribution >= 0.6 is 0 Å². The second kappa shape index (κ2) is 6.03. The predicted molar refractivity (Wildman–Crippen MR) is 68.6 cm³/mol. The van der Waals surface area contributed by atoms with Gasteiger partial charge in [-0.05, 0) is 24.1 Å². The minimum absolute atomic E-state index is 0.199. The third kappa shape index (κ3) is 2.70. The summed E-state index contributed by atoms with van der Waals surface area (Å²) in [5.41, 5.74) is 8.91. The van der Waals surface area contributed by atoms with E-state index in [0.29, 0.717) is 5.56 Å². The quantitative estimate of drug-likeness (QED) is 0.356. The molecule has 0 saturated carbocycles. The van der Waals surface area contributed by atoms with Gasteiger partial charge in [-0.25, -0.2) is 4.79 Å². The lowest BCUT2D eigenvalue weighted by Crippen LogP contribution is -2.41. The first-order valence-electron chi connectivity index (χ1n) is 6.00. The molecule has 1 amide bonds. The molecule has 0 aromatic carbocycles. The van der Waals surface area contributed by atoms with E-state index < -0.39 is 18.1 Å². The van der Waals surface area contributed by atoms with Crippen LogP contribution in [0, 0.1) is 0 Å². The number of rotatable bonds is 3. The Morgan fingerprint density at radius 2 is 2.20 bits per heavy atom. The van der Waals surface area contributed by atoms with E-state index in [9.17, 15) is 9.59 Å². The number of hydrogen-bond acceptors (Lipinski definition) is 5. The topological polar surface area (TPSA) is 108 Å². The molecule has 0 bridgehead atoms. The number of nitrogens with zero attached hydrogens (tertiary/aromatic N) is 5. The van der Waals surface area contributed by atoms with Gasteiger partial charge in [0.1, 0.15) is 6.04 Å². The summed E-state index contributed by atoms with van der Waals surface area (Å²) in [6, 6.07) is 1.99. The molecule has 2 rings (SSSR count). The van der Waals surface area contributed by atoms with Crippen molar-refractivity contribution in [2.75, 3.05) is 13.7 Å². The Labute approximate surface area is 115 Å². The van der Waals surface area contributed by atoms with Gasteiger partial charge in [0, 0.05) is 29.4 Å². The monoisotopic (exact) mass is 275 g/mol. The van der Waals surface area contributed by atoms with E-state index in [4.69, 9.17) is 10.3 Å². The van der Waals surface area contributed by atoms with Gasteiger partial charge in [-0.2, -0.15) is 0 Å². The number of amides is 1. The maximum absolute atomic E-state index is 12.4. The van der Waals surface area contributed by atoms with Crippen LogP contribution in [0.3, 0.4) is 0 Å². The normalized spacial score (nSPS) is 21.1. The van der Waals surface area contributed by atoms with E-state index in [-0.39, 0.29) is 18.9 Å². The zero-order chi connectivity index (χ0) is 14.5. The molecule has 1 fully saturated rings. The number of aromatic nitrogens is 1. The van der Waals surface area contributed by atoms with E-state index in [2.05, 4.69) is 15.0 Å². The number of ether oxygens (including phenoxy) is 1. The van der Waals surface area contributed by atoms with Crippen LogP contribution in [0.2, 0.25) is 0 Å². The molecule has 0 radical (unpaired) electrons. The summed E-state index contributed by atoms with van der Waals surface area (Å²) in [6.07, 6.45) is 3.27. The van der Waals surface area contributed by atoms with Crippen molar-refractivity contribution in [1.29, 1.82) is 0 Å². The van der Waals surface area contributed by atoms with Gasteiger partial charge in [0.05, 0.1) is 13.2 Å². The van der Waals surface area contributed by atoms with Crippen molar-refractivity contribution >= 4 is 11.9 Å². The smallest absolute Gasteiger partial charge is 0.328 e. The first kappa shape index (κ1) is 13.8. The summed E-state index contributed by atoms with van der Waals surface area (Å²) in [4.78, 5) is 32.1. The lowest BCUT2D eigenvalue weighted by Gasteiger charge is -2.22. The van der Waals surface area contributed by atoms with Crippen molar-refractivity contribution in [2.45, 2.75) is 18.5 Å². The lowest BCUT2D eigenvalue weighted by atomic mass is 10.1. The molecular formula is C12H13N5O3. The largest absolute Gasteiger partial charge is 0.467 e. The SMILES string of the molecule is COC(=O)[C@@H]1C[C@H](N=[N+]=[N-])CN1C(=O)c1ccncc1. The van der Waals surface area contributed by atoms with Crippen molar-refractivity contribution in [1.82, 2.24) is 9.88 Å². The van der Waals surface area contributed by atoms with Crippen molar-refractivity contribution in [3.05, 3.63) is 40.5 Å². The summed E-state index contributed by atoms with van der Waals surface area (Å²) in [5.74, 6) is -0.818. The van der Waals surface area contributed by atoms with Gasteiger partial charge in [0.2, 0.25) is 0 Å². The van der Waals surface area contributed by atoms with Crippen LogP contribution in [0.4, 0.5) is 0 Å². The maximum Gasteiger partial charge on any atom is 0.328 e. The molecule has 0 N–H and O–H groups in total. The molecule has 0 unspecified atom stereocenters. The summed E-state index contributed by atoms with van der Waals surface area (Å²) in [6.45, 7) is 0.199. The van der Waals surface area contributed by atoms with Gasteiger partial charge >= 0.3 is 5.97 Å². The number of hydrogen-bond donors (Lipinski definition) is 0. The van der Waals surface area contributed by atoms with Gasteiger partial charge in [-0.3, -0.25) is 9.78 Å². The van der Waals surface area contributed by atoms with E-state index in [1.807, 2.05) is 0 Å². The fraction of sp³-hybridized carbons (Fsp3) is 0.417. The highest BCUT2D eigenvalue weighted by Crippen LogP contribution is 2.23. The summed E-state index contributed by atoms with van der Waals surface area (Å²) in [5, 5.41) is 3.58. The molecule has 20 heavy (non-hydrogen) atoms. The third-order valence-corrected chi connectivity index (χ3v) is 3.16. The van der Waals surface area contributed by atoms with Crippen molar-refractivity contribution in [2.24, 2.45) is 5.11 Å². The number of likely N-dealkylation sites (tertiary alicyclic amines) is 1. The predicted octanol–water partition coefficient (Wildman–Crippen LogP) is 1.15. The number of pyridine rings is 1. The zero-order valence-corrected chi connectivity index (χ0v) is 10.8. The second-order valence-corrected chi connectivity index (χ2v) is 4.33. The van der Waals surface area contributed by atoms with E-state index >= 15 is 0 Å². The molecule has 1 saturated heterocycles. The Morgan fingerprint density at radius 3 is 2.80 bits per heavy atom. The van der Waals surface area contributed by atoms with Gasteiger partial charge in [0.25, 0.3) is 5.91 Å². The van der Waals surface area contributed by atoms with Crippen LogP contribution < -0.4 is 0 Å². The maximum atomic E-state index is 12.4. The number of azide groups is 1. The van der Waals surface area contributed by atoms with Crippen LogP contribution in [0.25, 0.3) is 10.4 Å². The van der Waals surface area contributed by atoms with Crippen LogP contribution in [0.15, 0.2) is 29.6 Å². The van der Waals surface area contributed by atoms with Gasteiger partial charge in [-0.15, -0.1) is 0 Å². The Balaban J connectivity index is 2.25. The molecule has 104 valence electrons. The van der Waals surface area contributed by atoms with E-state index in [1.165, 1.54) is 24.4 Å². The molecular weight excluding hydrogens is 262 g/mol. The second-order valence-electron chi connectivity index (χ2n) is 4.33. The summed E-state index contributed by atoms with van der Waals surface area (Å²) < 4.78 is 4.70. The summed E-state index contributed by atoms with van der Waals surface area (Å²) in [7, 11) is 1.26. The molecule has 8 nitrogen and oxygen atoms in total. The van der Waals surface area contributed by atoms with Crippen molar-refractivity contribution < 1.29 is 14.3 Å². The zero-order valence-electron chi connectivity index (χ0n) is 10.8. The molecule has 2 atom stereocenters. The van der Waals surface area contributed by atoms with Gasteiger partial charge in [0.15, 0.2) is 0 Å². The van der Waals surface area contributed by atoms with Crippen molar-refractivity contribution in [3.63, 3.8) is 0 Å². The molecule has 8 heteroatoms. The molecule has 1 aromatic rings. The molecule has 2 heterocycles. The Hall–Kier alpha value is -2.60. The van der Waals surface area contributed by atoms with Crippen LogP contribution in [-0.2, 0) is 9.53 Å². The van der Waals surface area contributed by atoms with Crippen LogP contribution in [0.5, 0.6) is 0 Å². The minimum Gasteiger partial charge on any atom is -0.467 e. The molecule has 0 spiro atoms. The van der Waals surface area contributed by atoms with Crippen molar-refractivity contribution in [3.8, 4) is 0 Å². The average Bonchev–Trinajstić information content (AvgIpc) is 2.91. The van der Waals surface area contributed by atoms with Crippen LogP contribution in [-0.4, -0.2) is 47.5 Å². The number of carbonyl (C=O) groups is 2. The first-order valence-corrected chi connectivity index (χ1v) is 6.00. The van der Waals surface area contributed by atoms with E-state index in [1.54, 1.807) is 12.1 Å². The number of carbonyl (C=O) groups excluding carboxylic acids is 2. The highest BCUT2D eigenvalue weighted by atomic mass is 16.5.